The first kappa shape index (κ1) is 19.3. The molecule has 2 aromatic carbocycles. The first-order valence-corrected chi connectivity index (χ1v) is 5.96. The normalized spacial score (nSPS) is 8.86. The maximum atomic E-state index is 10.2. The Bertz CT molecular complexity index is 568. The SMILES string of the molecule is Cc1cccc(C(=O)[O-])c1.Cc1cccc(C(=O)[O-])c1.[Pb+2]. The molecular formula is C16H14O4Pb. The average molecular weight is 477 g/mol. The van der Waals surface area contributed by atoms with Crippen LogP contribution in [-0.4, -0.2) is 39.2 Å². The summed E-state index contributed by atoms with van der Waals surface area (Å²) in [7, 11) is 0. The van der Waals surface area contributed by atoms with Crippen LogP contribution in [0.5, 0.6) is 0 Å². The maximum absolute atomic E-state index is 10.2. The third kappa shape index (κ3) is 7.03. The van der Waals surface area contributed by atoms with Gasteiger partial charge < -0.3 is 19.8 Å². The molecule has 0 unspecified atom stereocenters. The fourth-order valence-electron chi connectivity index (χ4n) is 1.54. The van der Waals surface area contributed by atoms with Gasteiger partial charge in [0.25, 0.3) is 0 Å². The number of carboxylic acid groups (broad SMARTS) is 2. The van der Waals surface area contributed by atoms with Crippen molar-refractivity contribution >= 4 is 39.2 Å². The van der Waals surface area contributed by atoms with Gasteiger partial charge in [0, 0.05) is 0 Å². The van der Waals surface area contributed by atoms with Crippen molar-refractivity contribution in [1.29, 1.82) is 0 Å². The number of carbonyl (C=O) groups is 2. The molecule has 4 nitrogen and oxygen atoms in total. The third-order valence-electron chi connectivity index (χ3n) is 2.51. The second-order valence-electron chi connectivity index (χ2n) is 4.31. The largest absolute Gasteiger partial charge is 2.00 e. The topological polar surface area (TPSA) is 80.3 Å². The summed E-state index contributed by atoms with van der Waals surface area (Å²) in [6.07, 6.45) is 0. The summed E-state index contributed by atoms with van der Waals surface area (Å²) in [4.78, 5) is 20.5. The number of aryl methyl sites for hydroxylation is 2. The van der Waals surface area contributed by atoms with E-state index in [0.29, 0.717) is 0 Å². The molecular weight excluding hydrogens is 463 g/mol. The van der Waals surface area contributed by atoms with Gasteiger partial charge in [0.15, 0.2) is 0 Å². The molecule has 106 valence electrons. The smallest absolute Gasteiger partial charge is 0.545 e. The molecule has 0 spiro atoms. The van der Waals surface area contributed by atoms with Gasteiger partial charge in [-0.25, -0.2) is 0 Å². The van der Waals surface area contributed by atoms with Crippen LogP contribution in [0, 0.1) is 13.8 Å². The van der Waals surface area contributed by atoms with Crippen LogP contribution in [0.15, 0.2) is 48.5 Å². The van der Waals surface area contributed by atoms with E-state index in [2.05, 4.69) is 0 Å². The average Bonchev–Trinajstić information content (AvgIpc) is 2.39. The van der Waals surface area contributed by atoms with Gasteiger partial charge in [-0.05, 0) is 25.0 Å². The molecule has 0 N–H and O–H groups in total. The van der Waals surface area contributed by atoms with Crippen molar-refractivity contribution in [2.75, 3.05) is 0 Å². The van der Waals surface area contributed by atoms with Crippen LogP contribution in [0.2, 0.25) is 0 Å². The van der Waals surface area contributed by atoms with Gasteiger partial charge >= 0.3 is 27.3 Å². The Morgan fingerprint density at radius 1 is 0.762 bits per heavy atom. The number of hydrogen-bond donors (Lipinski definition) is 0. The molecule has 0 aromatic heterocycles. The van der Waals surface area contributed by atoms with E-state index in [-0.39, 0.29) is 38.4 Å². The van der Waals surface area contributed by atoms with Gasteiger partial charge in [-0.3, -0.25) is 0 Å². The van der Waals surface area contributed by atoms with Gasteiger partial charge in [-0.1, -0.05) is 59.7 Å². The molecule has 2 rings (SSSR count). The van der Waals surface area contributed by atoms with E-state index in [1.807, 2.05) is 26.0 Å². The van der Waals surface area contributed by atoms with Gasteiger partial charge in [0.2, 0.25) is 0 Å². The van der Waals surface area contributed by atoms with Crippen LogP contribution in [0.25, 0.3) is 0 Å². The van der Waals surface area contributed by atoms with Crippen molar-refractivity contribution < 1.29 is 19.8 Å². The minimum atomic E-state index is -1.12. The molecule has 0 saturated carbocycles. The molecule has 0 aliphatic carbocycles. The molecule has 0 fully saturated rings. The molecule has 0 atom stereocenters. The van der Waals surface area contributed by atoms with Crippen LogP contribution in [0.1, 0.15) is 31.8 Å². The number of carboxylic acids is 2. The van der Waals surface area contributed by atoms with Crippen LogP contribution in [0.4, 0.5) is 0 Å². The van der Waals surface area contributed by atoms with E-state index in [4.69, 9.17) is 0 Å². The minimum absolute atomic E-state index is 0. The predicted octanol–water partition coefficient (Wildman–Crippen LogP) is 0.336. The summed E-state index contributed by atoms with van der Waals surface area (Å²) in [5, 5.41) is 20.5. The van der Waals surface area contributed by atoms with Gasteiger partial charge in [0.05, 0.1) is 11.9 Å². The quantitative estimate of drug-likeness (QED) is 0.585. The fraction of sp³-hybridized carbons (Fsp3) is 0.125. The Balaban J connectivity index is 0.000000364. The van der Waals surface area contributed by atoms with E-state index in [1.54, 1.807) is 24.3 Å². The molecule has 0 amide bonds. The third-order valence-corrected chi connectivity index (χ3v) is 2.51. The molecule has 5 heteroatoms. The van der Waals surface area contributed by atoms with Crippen molar-refractivity contribution in [3.8, 4) is 0 Å². The zero-order valence-corrected chi connectivity index (χ0v) is 15.6. The second-order valence-corrected chi connectivity index (χ2v) is 4.31. The summed E-state index contributed by atoms with van der Waals surface area (Å²) in [5.74, 6) is -2.24. The Hall–Kier alpha value is -1.70. The summed E-state index contributed by atoms with van der Waals surface area (Å²) in [5.41, 5.74) is 2.34. The molecule has 2 aromatic rings. The summed E-state index contributed by atoms with van der Waals surface area (Å²) >= 11 is 0. The Morgan fingerprint density at radius 2 is 1.10 bits per heavy atom. The molecule has 2 radical (unpaired) electrons. The minimum Gasteiger partial charge on any atom is -0.545 e. The van der Waals surface area contributed by atoms with Gasteiger partial charge in [-0.2, -0.15) is 0 Å². The zero-order chi connectivity index (χ0) is 15.1. The van der Waals surface area contributed by atoms with Crippen molar-refractivity contribution in [1.82, 2.24) is 0 Å². The Kier molecular flexibility index (Phi) is 8.53. The predicted molar refractivity (Wildman–Crippen MR) is 76.8 cm³/mol. The van der Waals surface area contributed by atoms with Crippen LogP contribution < -0.4 is 10.2 Å². The number of rotatable bonds is 2. The summed E-state index contributed by atoms with van der Waals surface area (Å²) < 4.78 is 0. The van der Waals surface area contributed by atoms with E-state index < -0.39 is 11.9 Å². The van der Waals surface area contributed by atoms with Crippen molar-refractivity contribution in [3.63, 3.8) is 0 Å². The maximum Gasteiger partial charge on any atom is 2.00 e. The molecule has 0 saturated heterocycles. The monoisotopic (exact) mass is 478 g/mol. The first-order chi connectivity index (χ1) is 9.40. The van der Waals surface area contributed by atoms with Crippen LogP contribution in [-0.2, 0) is 0 Å². The van der Waals surface area contributed by atoms with Gasteiger partial charge in [-0.15, -0.1) is 0 Å². The Labute approximate surface area is 143 Å². The number of carbonyl (C=O) groups excluding carboxylic acids is 2. The number of hydrogen-bond acceptors (Lipinski definition) is 4. The second kappa shape index (κ2) is 9.28. The van der Waals surface area contributed by atoms with Crippen molar-refractivity contribution in [2.24, 2.45) is 0 Å². The molecule has 0 heterocycles. The van der Waals surface area contributed by atoms with E-state index in [1.165, 1.54) is 12.1 Å². The van der Waals surface area contributed by atoms with E-state index >= 15 is 0 Å². The molecule has 21 heavy (non-hydrogen) atoms. The van der Waals surface area contributed by atoms with Crippen LogP contribution >= 0.6 is 0 Å². The van der Waals surface area contributed by atoms with E-state index in [0.717, 1.165) is 11.1 Å². The molecule has 0 aliphatic rings. The zero-order valence-electron chi connectivity index (χ0n) is 11.8. The van der Waals surface area contributed by atoms with Crippen molar-refractivity contribution in [3.05, 3.63) is 70.8 Å². The molecule has 0 aliphatic heterocycles. The Morgan fingerprint density at radius 3 is 1.29 bits per heavy atom. The number of benzene rings is 2. The molecule has 0 bridgehead atoms. The summed E-state index contributed by atoms with van der Waals surface area (Å²) in [6, 6.07) is 13.3. The fourth-order valence-corrected chi connectivity index (χ4v) is 1.54. The standard InChI is InChI=1S/2C8H8O2.Pb/c2*1-6-3-2-4-7(5-6)8(9)10;/h2*2-5H,1H3,(H,9,10);/q;;+2/p-2. The van der Waals surface area contributed by atoms with E-state index in [9.17, 15) is 19.8 Å². The number of aromatic carboxylic acids is 2. The summed E-state index contributed by atoms with van der Waals surface area (Å²) in [6.45, 7) is 3.68. The van der Waals surface area contributed by atoms with Crippen molar-refractivity contribution in [2.45, 2.75) is 13.8 Å². The van der Waals surface area contributed by atoms with Gasteiger partial charge in [0.1, 0.15) is 0 Å². The van der Waals surface area contributed by atoms with Crippen LogP contribution in [0.3, 0.4) is 0 Å². The first-order valence-electron chi connectivity index (χ1n) is 5.96.